The standard InChI is InChI=1S/C16H22N4/c1-12(2)11-20-13(3)9-15(14(20)4)10-18-19-16-7-5-6-8-17-16/h5-10,12H,11H2,1-4H3,(H,17,19)/b18-10+. The minimum Gasteiger partial charge on any atom is -0.348 e. The largest absolute Gasteiger partial charge is 0.348 e. The first kappa shape index (κ1) is 14.3. The van der Waals surface area contributed by atoms with Crippen molar-refractivity contribution < 1.29 is 0 Å². The van der Waals surface area contributed by atoms with Gasteiger partial charge < -0.3 is 4.57 Å². The van der Waals surface area contributed by atoms with Crippen LogP contribution >= 0.6 is 0 Å². The molecule has 0 spiro atoms. The van der Waals surface area contributed by atoms with Crippen LogP contribution < -0.4 is 5.43 Å². The Kier molecular flexibility index (Phi) is 4.56. The lowest BCUT2D eigenvalue weighted by Gasteiger charge is -2.11. The average molecular weight is 270 g/mol. The Morgan fingerprint density at radius 3 is 2.80 bits per heavy atom. The van der Waals surface area contributed by atoms with Gasteiger partial charge in [0.25, 0.3) is 0 Å². The molecule has 0 bridgehead atoms. The van der Waals surface area contributed by atoms with E-state index in [-0.39, 0.29) is 0 Å². The van der Waals surface area contributed by atoms with E-state index in [4.69, 9.17) is 0 Å². The van der Waals surface area contributed by atoms with Gasteiger partial charge in [0.15, 0.2) is 0 Å². The molecular weight excluding hydrogens is 248 g/mol. The molecule has 0 aromatic carbocycles. The van der Waals surface area contributed by atoms with E-state index in [1.165, 1.54) is 11.4 Å². The molecule has 2 aromatic rings. The van der Waals surface area contributed by atoms with Gasteiger partial charge in [-0.25, -0.2) is 4.98 Å². The van der Waals surface area contributed by atoms with Gasteiger partial charge >= 0.3 is 0 Å². The third-order valence-electron chi connectivity index (χ3n) is 3.21. The first-order valence-electron chi connectivity index (χ1n) is 6.94. The summed E-state index contributed by atoms with van der Waals surface area (Å²) in [5, 5.41) is 4.26. The number of hydrogen-bond donors (Lipinski definition) is 1. The fraction of sp³-hybridized carbons (Fsp3) is 0.375. The molecule has 4 heteroatoms. The molecule has 0 aliphatic carbocycles. The quantitative estimate of drug-likeness (QED) is 0.666. The number of hydrazone groups is 1. The molecule has 0 amide bonds. The molecule has 1 N–H and O–H groups in total. The molecule has 0 radical (unpaired) electrons. The molecule has 0 saturated heterocycles. The highest BCUT2D eigenvalue weighted by atomic mass is 15.3. The van der Waals surface area contributed by atoms with Crippen LogP contribution in [0.4, 0.5) is 5.82 Å². The monoisotopic (exact) mass is 270 g/mol. The Morgan fingerprint density at radius 1 is 1.35 bits per heavy atom. The number of aromatic nitrogens is 2. The molecule has 0 atom stereocenters. The maximum atomic E-state index is 4.26. The van der Waals surface area contributed by atoms with E-state index >= 15 is 0 Å². The van der Waals surface area contributed by atoms with Crippen LogP contribution in [0.5, 0.6) is 0 Å². The van der Waals surface area contributed by atoms with E-state index in [9.17, 15) is 0 Å². The second kappa shape index (κ2) is 6.37. The topological polar surface area (TPSA) is 42.2 Å². The summed E-state index contributed by atoms with van der Waals surface area (Å²) < 4.78 is 2.34. The molecule has 0 unspecified atom stereocenters. The Hall–Kier alpha value is -2.10. The highest BCUT2D eigenvalue weighted by molar-refractivity contribution is 5.82. The fourth-order valence-electron chi connectivity index (χ4n) is 2.20. The van der Waals surface area contributed by atoms with E-state index < -0.39 is 0 Å². The Labute approximate surface area is 120 Å². The third kappa shape index (κ3) is 3.47. The van der Waals surface area contributed by atoms with Crippen LogP contribution in [0.2, 0.25) is 0 Å². The zero-order valence-electron chi connectivity index (χ0n) is 12.6. The molecule has 0 fully saturated rings. The zero-order valence-corrected chi connectivity index (χ0v) is 12.6. The van der Waals surface area contributed by atoms with Gasteiger partial charge in [-0.05, 0) is 38.0 Å². The molecule has 2 heterocycles. The van der Waals surface area contributed by atoms with Crippen molar-refractivity contribution >= 4 is 12.0 Å². The van der Waals surface area contributed by atoms with Crippen LogP contribution in [0.15, 0.2) is 35.6 Å². The number of nitrogens with one attached hydrogen (secondary N) is 1. The van der Waals surface area contributed by atoms with Gasteiger partial charge in [0, 0.05) is 29.7 Å². The molecule has 106 valence electrons. The van der Waals surface area contributed by atoms with Crippen molar-refractivity contribution in [2.75, 3.05) is 5.43 Å². The summed E-state index contributed by atoms with van der Waals surface area (Å²) >= 11 is 0. The predicted octanol–water partition coefficient (Wildman–Crippen LogP) is 3.60. The van der Waals surface area contributed by atoms with Crippen LogP contribution in [-0.2, 0) is 6.54 Å². The lowest BCUT2D eigenvalue weighted by atomic mass is 10.2. The van der Waals surface area contributed by atoms with Crippen LogP contribution in [0.1, 0.15) is 30.8 Å². The van der Waals surface area contributed by atoms with Crippen molar-refractivity contribution in [1.82, 2.24) is 9.55 Å². The predicted molar refractivity (Wildman–Crippen MR) is 84.2 cm³/mol. The molecule has 0 saturated carbocycles. The average Bonchev–Trinajstić information content (AvgIpc) is 2.67. The zero-order chi connectivity index (χ0) is 14.5. The van der Waals surface area contributed by atoms with Crippen LogP contribution in [0.3, 0.4) is 0 Å². The van der Waals surface area contributed by atoms with E-state index in [2.05, 4.69) is 53.8 Å². The lowest BCUT2D eigenvalue weighted by molar-refractivity contribution is 0.509. The Morgan fingerprint density at radius 2 is 2.15 bits per heavy atom. The summed E-state index contributed by atoms with van der Waals surface area (Å²) in [5.41, 5.74) is 6.61. The highest BCUT2D eigenvalue weighted by Gasteiger charge is 2.08. The number of aryl methyl sites for hydroxylation is 1. The second-order valence-electron chi connectivity index (χ2n) is 5.42. The number of anilines is 1. The normalized spacial score (nSPS) is 11.4. The van der Waals surface area contributed by atoms with Gasteiger partial charge in [-0.3, -0.25) is 5.43 Å². The van der Waals surface area contributed by atoms with Gasteiger partial charge in [-0.1, -0.05) is 19.9 Å². The van der Waals surface area contributed by atoms with Crippen molar-refractivity contribution in [2.45, 2.75) is 34.2 Å². The summed E-state index contributed by atoms with van der Waals surface area (Å²) in [4.78, 5) is 4.16. The third-order valence-corrected chi connectivity index (χ3v) is 3.21. The Balaban J connectivity index is 2.10. The van der Waals surface area contributed by atoms with Crippen molar-refractivity contribution in [1.29, 1.82) is 0 Å². The number of pyridine rings is 1. The van der Waals surface area contributed by atoms with Gasteiger partial charge in [0.1, 0.15) is 5.82 Å². The van der Waals surface area contributed by atoms with E-state index in [0.29, 0.717) is 5.92 Å². The molecule has 2 rings (SSSR count). The van der Waals surface area contributed by atoms with Crippen molar-refractivity contribution in [2.24, 2.45) is 11.0 Å². The molecule has 2 aromatic heterocycles. The van der Waals surface area contributed by atoms with Gasteiger partial charge in [0.2, 0.25) is 0 Å². The first-order valence-corrected chi connectivity index (χ1v) is 6.94. The van der Waals surface area contributed by atoms with Crippen molar-refractivity contribution in [3.63, 3.8) is 0 Å². The number of rotatable bonds is 5. The molecule has 0 aliphatic rings. The van der Waals surface area contributed by atoms with Crippen LogP contribution in [0, 0.1) is 19.8 Å². The fourth-order valence-corrected chi connectivity index (χ4v) is 2.20. The minimum absolute atomic E-state index is 0.635. The summed E-state index contributed by atoms with van der Waals surface area (Å²) in [6.45, 7) is 9.78. The van der Waals surface area contributed by atoms with Gasteiger partial charge in [-0.15, -0.1) is 0 Å². The smallest absolute Gasteiger partial charge is 0.146 e. The van der Waals surface area contributed by atoms with Crippen molar-refractivity contribution in [3.05, 3.63) is 47.4 Å². The summed E-state index contributed by atoms with van der Waals surface area (Å²) in [6, 6.07) is 7.87. The minimum atomic E-state index is 0.635. The molecule has 4 nitrogen and oxygen atoms in total. The lowest BCUT2D eigenvalue weighted by Crippen LogP contribution is -2.08. The number of nitrogens with zero attached hydrogens (tertiary/aromatic N) is 3. The van der Waals surface area contributed by atoms with E-state index in [1.807, 2.05) is 24.4 Å². The molecule has 0 aliphatic heterocycles. The highest BCUT2D eigenvalue weighted by Crippen LogP contribution is 2.15. The summed E-state index contributed by atoms with van der Waals surface area (Å²) in [6.07, 6.45) is 3.60. The SMILES string of the molecule is Cc1cc(/C=N/Nc2ccccn2)c(C)n1CC(C)C. The van der Waals surface area contributed by atoms with E-state index in [1.54, 1.807) is 6.20 Å². The molecular formula is C16H22N4. The van der Waals surface area contributed by atoms with Gasteiger partial charge in [-0.2, -0.15) is 5.10 Å². The Bertz CT molecular complexity index is 582. The maximum absolute atomic E-state index is 4.26. The maximum Gasteiger partial charge on any atom is 0.146 e. The first-order chi connectivity index (χ1) is 9.58. The van der Waals surface area contributed by atoms with Crippen LogP contribution in [-0.4, -0.2) is 15.8 Å². The number of hydrogen-bond acceptors (Lipinski definition) is 3. The van der Waals surface area contributed by atoms with Crippen molar-refractivity contribution in [3.8, 4) is 0 Å². The summed E-state index contributed by atoms with van der Waals surface area (Å²) in [7, 11) is 0. The van der Waals surface area contributed by atoms with E-state index in [0.717, 1.165) is 17.9 Å². The summed E-state index contributed by atoms with van der Waals surface area (Å²) in [5.74, 6) is 1.39. The molecule has 20 heavy (non-hydrogen) atoms. The van der Waals surface area contributed by atoms with Crippen LogP contribution in [0.25, 0.3) is 0 Å². The van der Waals surface area contributed by atoms with Gasteiger partial charge in [0.05, 0.1) is 6.21 Å². The second-order valence-corrected chi connectivity index (χ2v) is 5.42.